The second-order valence-electron chi connectivity index (χ2n) is 4.39. The van der Waals surface area contributed by atoms with Crippen LogP contribution in [0.4, 0.5) is 0 Å². The van der Waals surface area contributed by atoms with E-state index in [1.165, 1.54) is 0 Å². The summed E-state index contributed by atoms with van der Waals surface area (Å²) in [5.74, 6) is 22.4. The lowest BCUT2D eigenvalue weighted by molar-refractivity contribution is 0.341. The first-order valence-corrected chi connectivity index (χ1v) is 7.78. The second-order valence-corrected chi connectivity index (χ2v) is 4.39. The molecule has 0 saturated carbocycles. The van der Waals surface area contributed by atoms with Gasteiger partial charge in [0, 0.05) is 0 Å². The van der Waals surface area contributed by atoms with Crippen LogP contribution in [0, 0.1) is 65.6 Å². The van der Waals surface area contributed by atoms with Crippen LogP contribution in [0.3, 0.4) is 0 Å². The van der Waals surface area contributed by atoms with Gasteiger partial charge in [0.05, 0.1) is 13.2 Å². The maximum atomic E-state index is 8.55. The molecule has 0 aromatic carbocycles. The van der Waals surface area contributed by atoms with Gasteiger partial charge in [-0.1, -0.05) is 36.3 Å². The Balaban J connectivity index is 0. The Morgan fingerprint density at radius 2 is 1.44 bits per heavy atom. The second kappa shape index (κ2) is 23.2. The van der Waals surface area contributed by atoms with E-state index in [9.17, 15) is 0 Å². The summed E-state index contributed by atoms with van der Waals surface area (Å²) in [4.78, 5) is 0. The molecule has 2 heteroatoms. The topological polar surface area (TPSA) is 40.5 Å². The van der Waals surface area contributed by atoms with Crippen molar-refractivity contribution in [1.82, 2.24) is 0 Å². The van der Waals surface area contributed by atoms with Crippen LogP contribution in [0.1, 0.15) is 26.2 Å². The van der Waals surface area contributed by atoms with E-state index in [0.29, 0.717) is 5.92 Å². The normalized spacial score (nSPS) is 9.36. The SMILES string of the molecule is C#CC#CC#CC#CC#CC.C=CC(C/C=C/CO)CC/C=C\CO. The maximum Gasteiger partial charge on any atom is 0.0612 e. The van der Waals surface area contributed by atoms with Crippen LogP contribution in [0.25, 0.3) is 0 Å². The van der Waals surface area contributed by atoms with E-state index in [-0.39, 0.29) is 13.2 Å². The van der Waals surface area contributed by atoms with E-state index < -0.39 is 0 Å². The average molecular weight is 332 g/mol. The molecule has 0 radical (unpaired) electrons. The number of aliphatic hydroxyl groups excluding tert-OH is 2. The first kappa shape index (κ1) is 24.2. The third-order valence-electron chi connectivity index (χ3n) is 2.59. The lowest BCUT2D eigenvalue weighted by Gasteiger charge is -2.07. The highest BCUT2D eigenvalue weighted by Crippen LogP contribution is 2.13. The third-order valence-corrected chi connectivity index (χ3v) is 2.59. The highest BCUT2D eigenvalue weighted by Gasteiger charge is 1.99. The number of aliphatic hydroxyl groups is 2. The number of hydrogen-bond donors (Lipinski definition) is 2. The Hall–Kier alpha value is -3.06. The van der Waals surface area contributed by atoms with Gasteiger partial charge in [-0.15, -0.1) is 13.0 Å². The summed E-state index contributed by atoms with van der Waals surface area (Å²) in [7, 11) is 0. The molecular formula is C23H24O2. The van der Waals surface area contributed by atoms with E-state index in [1.807, 2.05) is 18.2 Å². The molecule has 0 heterocycles. The summed E-state index contributed by atoms with van der Waals surface area (Å²) in [6, 6.07) is 0. The van der Waals surface area contributed by atoms with Crippen molar-refractivity contribution in [2.75, 3.05) is 13.2 Å². The molecule has 0 aliphatic heterocycles. The monoisotopic (exact) mass is 332 g/mol. The van der Waals surface area contributed by atoms with Crippen LogP contribution in [0.15, 0.2) is 37.0 Å². The van der Waals surface area contributed by atoms with Gasteiger partial charge in [0.15, 0.2) is 0 Å². The summed E-state index contributed by atoms with van der Waals surface area (Å²) >= 11 is 0. The van der Waals surface area contributed by atoms with Gasteiger partial charge < -0.3 is 10.2 Å². The minimum absolute atomic E-state index is 0.105. The molecule has 0 fully saturated rings. The molecule has 2 nitrogen and oxygen atoms in total. The fraction of sp³-hybridized carbons (Fsp3) is 0.304. The summed E-state index contributed by atoms with van der Waals surface area (Å²) in [6.45, 7) is 5.70. The van der Waals surface area contributed by atoms with Gasteiger partial charge in [0.25, 0.3) is 0 Å². The van der Waals surface area contributed by atoms with Crippen molar-refractivity contribution < 1.29 is 10.2 Å². The van der Waals surface area contributed by atoms with E-state index in [1.54, 1.807) is 19.1 Å². The van der Waals surface area contributed by atoms with Crippen LogP contribution < -0.4 is 0 Å². The number of terminal acetylenes is 1. The predicted molar refractivity (Wildman–Crippen MR) is 106 cm³/mol. The zero-order chi connectivity index (χ0) is 19.0. The standard InChI is InChI=1S/C12H20O2.C11H4/c1-2-12(9-5-7-11-14)8-4-3-6-10-13;1-3-5-7-9-11-10-8-6-4-2/h2-3,5-7,12-14H,1,4,8-11H2;1H,2H3/b6-3-,7-5+;. The van der Waals surface area contributed by atoms with Crippen molar-refractivity contribution in [2.45, 2.75) is 26.2 Å². The molecule has 0 amide bonds. The van der Waals surface area contributed by atoms with E-state index in [0.717, 1.165) is 19.3 Å². The van der Waals surface area contributed by atoms with Gasteiger partial charge in [-0.05, 0) is 79.5 Å². The first-order valence-electron chi connectivity index (χ1n) is 7.78. The highest BCUT2D eigenvalue weighted by molar-refractivity contribution is 5.41. The number of allylic oxidation sites excluding steroid dienone is 3. The van der Waals surface area contributed by atoms with E-state index in [4.69, 9.17) is 16.6 Å². The quantitative estimate of drug-likeness (QED) is 0.530. The Morgan fingerprint density at radius 1 is 0.880 bits per heavy atom. The zero-order valence-corrected chi connectivity index (χ0v) is 14.7. The molecule has 1 unspecified atom stereocenters. The first-order chi connectivity index (χ1) is 12.3. The van der Waals surface area contributed by atoms with Gasteiger partial charge >= 0.3 is 0 Å². The van der Waals surface area contributed by atoms with E-state index >= 15 is 0 Å². The van der Waals surface area contributed by atoms with Crippen LogP contribution in [0.2, 0.25) is 0 Å². The molecule has 0 saturated heterocycles. The van der Waals surface area contributed by atoms with E-state index in [2.05, 4.69) is 59.9 Å². The third kappa shape index (κ3) is 23.3. The van der Waals surface area contributed by atoms with Crippen molar-refractivity contribution in [2.24, 2.45) is 5.92 Å². The van der Waals surface area contributed by atoms with Crippen LogP contribution in [-0.4, -0.2) is 23.4 Å². The summed E-state index contributed by atoms with van der Waals surface area (Å²) in [6.07, 6.45) is 17.2. The summed E-state index contributed by atoms with van der Waals surface area (Å²) in [5, 5.41) is 17.1. The van der Waals surface area contributed by atoms with Gasteiger partial charge in [-0.25, -0.2) is 0 Å². The Morgan fingerprint density at radius 3 is 1.96 bits per heavy atom. The van der Waals surface area contributed by atoms with Gasteiger partial charge in [0.2, 0.25) is 0 Å². The lowest BCUT2D eigenvalue weighted by atomic mass is 9.99. The fourth-order valence-corrected chi connectivity index (χ4v) is 1.44. The number of hydrogen-bond acceptors (Lipinski definition) is 2. The Bertz CT molecular complexity index is 687. The van der Waals surface area contributed by atoms with Crippen molar-refractivity contribution in [3.8, 4) is 59.7 Å². The van der Waals surface area contributed by atoms with Crippen molar-refractivity contribution in [3.05, 3.63) is 37.0 Å². The van der Waals surface area contributed by atoms with Crippen molar-refractivity contribution >= 4 is 0 Å². The molecule has 0 aromatic rings. The van der Waals surface area contributed by atoms with Crippen LogP contribution in [0.5, 0.6) is 0 Å². The maximum absolute atomic E-state index is 8.55. The molecule has 25 heavy (non-hydrogen) atoms. The fourth-order valence-electron chi connectivity index (χ4n) is 1.44. The average Bonchev–Trinajstić information content (AvgIpc) is 2.64. The van der Waals surface area contributed by atoms with Gasteiger partial charge in [-0.2, -0.15) is 0 Å². The zero-order valence-electron chi connectivity index (χ0n) is 14.7. The molecule has 0 bridgehead atoms. The molecular weight excluding hydrogens is 308 g/mol. The smallest absolute Gasteiger partial charge is 0.0612 e. The van der Waals surface area contributed by atoms with Gasteiger partial charge in [-0.3, -0.25) is 0 Å². The largest absolute Gasteiger partial charge is 0.392 e. The molecule has 128 valence electrons. The summed E-state index contributed by atoms with van der Waals surface area (Å²) < 4.78 is 0. The molecule has 0 aliphatic carbocycles. The minimum Gasteiger partial charge on any atom is -0.392 e. The number of rotatable bonds is 8. The minimum atomic E-state index is 0.105. The molecule has 1 atom stereocenters. The van der Waals surface area contributed by atoms with Crippen molar-refractivity contribution in [1.29, 1.82) is 0 Å². The Labute approximate surface area is 152 Å². The lowest BCUT2D eigenvalue weighted by Crippen LogP contribution is -1.93. The highest BCUT2D eigenvalue weighted by atomic mass is 16.3. The molecule has 0 aromatic heterocycles. The molecule has 0 rings (SSSR count). The molecule has 0 spiro atoms. The summed E-state index contributed by atoms with van der Waals surface area (Å²) in [5.41, 5.74) is 0. The molecule has 0 aliphatic rings. The molecule has 2 N–H and O–H groups in total. The van der Waals surface area contributed by atoms with Crippen molar-refractivity contribution in [3.63, 3.8) is 0 Å². The Kier molecular flexibility index (Phi) is 22.5. The van der Waals surface area contributed by atoms with Crippen LogP contribution >= 0.6 is 0 Å². The van der Waals surface area contributed by atoms with Crippen LogP contribution in [-0.2, 0) is 0 Å². The predicted octanol–water partition coefficient (Wildman–Crippen LogP) is 2.71. The van der Waals surface area contributed by atoms with Gasteiger partial charge in [0.1, 0.15) is 0 Å².